The molecule has 0 saturated carbocycles. The molecular weight excluding hydrogens is 426 g/mol. The fourth-order valence-electron chi connectivity index (χ4n) is 4.32. The van der Waals surface area contributed by atoms with Crippen LogP contribution in [0.4, 0.5) is 14.5 Å². The van der Waals surface area contributed by atoms with Crippen LogP contribution in [-0.2, 0) is 20.4 Å². The Bertz CT molecular complexity index is 1170. The lowest BCUT2D eigenvalue weighted by Gasteiger charge is -2.46. The number of guanidine groups is 1. The van der Waals surface area contributed by atoms with Gasteiger partial charge in [0.2, 0.25) is 15.9 Å². The van der Waals surface area contributed by atoms with Crippen LogP contribution in [0.25, 0.3) is 0 Å². The van der Waals surface area contributed by atoms with Crippen LogP contribution in [0.2, 0.25) is 0 Å². The van der Waals surface area contributed by atoms with Gasteiger partial charge in [0.1, 0.15) is 11.6 Å². The lowest BCUT2D eigenvalue weighted by atomic mass is 9.73. The molecule has 2 heterocycles. The number of nitrogens with zero attached hydrogens (tertiary/aromatic N) is 2. The van der Waals surface area contributed by atoms with E-state index in [1.54, 1.807) is 31.2 Å². The maximum atomic E-state index is 14.7. The van der Waals surface area contributed by atoms with E-state index in [4.69, 9.17) is 5.41 Å². The quantitative estimate of drug-likeness (QED) is 0.755. The molecule has 2 aliphatic rings. The molecule has 31 heavy (non-hydrogen) atoms. The van der Waals surface area contributed by atoms with Crippen molar-refractivity contribution >= 4 is 27.6 Å². The Hall–Kier alpha value is -3.01. The van der Waals surface area contributed by atoms with Crippen molar-refractivity contribution in [3.63, 3.8) is 0 Å². The number of nitrogens with one attached hydrogen (secondary N) is 2. The van der Waals surface area contributed by atoms with Gasteiger partial charge in [0, 0.05) is 25.2 Å². The molecule has 0 radical (unpaired) electrons. The third-order valence-electron chi connectivity index (χ3n) is 5.97. The van der Waals surface area contributed by atoms with E-state index in [0.717, 1.165) is 17.0 Å². The van der Waals surface area contributed by atoms with Crippen LogP contribution in [0.5, 0.6) is 0 Å². The first kappa shape index (κ1) is 21.2. The van der Waals surface area contributed by atoms with Crippen molar-refractivity contribution in [2.24, 2.45) is 0 Å². The number of hydrogen-bond acceptors (Lipinski definition) is 4. The number of rotatable bonds is 3. The van der Waals surface area contributed by atoms with Gasteiger partial charge in [-0.15, -0.1) is 0 Å². The Morgan fingerprint density at radius 2 is 1.84 bits per heavy atom. The van der Waals surface area contributed by atoms with E-state index in [2.05, 4.69) is 5.32 Å². The third kappa shape index (κ3) is 3.44. The van der Waals surface area contributed by atoms with Crippen molar-refractivity contribution in [1.29, 1.82) is 5.41 Å². The highest BCUT2D eigenvalue weighted by Gasteiger charge is 2.49. The Labute approximate surface area is 179 Å². The van der Waals surface area contributed by atoms with Crippen LogP contribution in [0.1, 0.15) is 30.4 Å². The maximum Gasteiger partial charge on any atom is 0.239 e. The molecule has 2 fully saturated rings. The van der Waals surface area contributed by atoms with Crippen molar-refractivity contribution in [2.75, 3.05) is 23.7 Å². The van der Waals surface area contributed by atoms with E-state index in [0.29, 0.717) is 24.2 Å². The zero-order valence-corrected chi connectivity index (χ0v) is 17.8. The number of anilines is 1. The molecule has 7 nitrogen and oxygen atoms in total. The number of hydrogen-bond donors (Lipinski definition) is 2. The molecule has 0 aromatic heterocycles. The van der Waals surface area contributed by atoms with E-state index in [1.807, 2.05) is 0 Å². The standard InChI is InChI=1S/C21H22F2N4O3S/c1-21(16-9-6-14(22)12-17(16)23)18(19(28)26(2)20(24)25-21)13-4-7-15(8-5-13)27-10-3-11-31(27,29)30/h4-9,12,18H,3,10-11H2,1-2H3,(H2,24,25)/t18-,21+/m0/s1. The maximum absolute atomic E-state index is 14.7. The fraction of sp³-hybridized carbons (Fsp3) is 0.333. The van der Waals surface area contributed by atoms with Crippen LogP contribution < -0.4 is 9.62 Å². The molecule has 2 aliphatic heterocycles. The van der Waals surface area contributed by atoms with Gasteiger partial charge in [0.05, 0.1) is 22.9 Å². The summed E-state index contributed by atoms with van der Waals surface area (Å²) in [4.78, 5) is 14.3. The van der Waals surface area contributed by atoms with Crippen LogP contribution in [0.3, 0.4) is 0 Å². The van der Waals surface area contributed by atoms with Crippen molar-refractivity contribution in [2.45, 2.75) is 24.8 Å². The lowest BCUT2D eigenvalue weighted by Crippen LogP contribution is -2.62. The first-order valence-corrected chi connectivity index (χ1v) is 11.4. The largest absolute Gasteiger partial charge is 0.346 e. The summed E-state index contributed by atoms with van der Waals surface area (Å²) in [5, 5.41) is 11.0. The van der Waals surface area contributed by atoms with Crippen LogP contribution in [-0.4, -0.2) is 44.5 Å². The van der Waals surface area contributed by atoms with Gasteiger partial charge in [0.25, 0.3) is 0 Å². The van der Waals surface area contributed by atoms with Crippen molar-refractivity contribution in [3.8, 4) is 0 Å². The second-order valence-corrected chi connectivity index (χ2v) is 9.98. The van der Waals surface area contributed by atoms with Gasteiger partial charge in [-0.25, -0.2) is 17.2 Å². The number of carbonyl (C=O) groups excluding carboxylic acids is 1. The van der Waals surface area contributed by atoms with Crippen molar-refractivity contribution in [1.82, 2.24) is 10.2 Å². The summed E-state index contributed by atoms with van der Waals surface area (Å²) < 4.78 is 53.9. The van der Waals surface area contributed by atoms with Gasteiger partial charge in [-0.3, -0.25) is 19.4 Å². The predicted molar refractivity (Wildman–Crippen MR) is 112 cm³/mol. The van der Waals surface area contributed by atoms with Crippen LogP contribution in [0, 0.1) is 17.0 Å². The first-order chi connectivity index (χ1) is 14.5. The van der Waals surface area contributed by atoms with E-state index < -0.39 is 39.0 Å². The van der Waals surface area contributed by atoms with Gasteiger partial charge in [-0.2, -0.15) is 0 Å². The number of halogens is 2. The van der Waals surface area contributed by atoms with Crippen LogP contribution >= 0.6 is 0 Å². The van der Waals surface area contributed by atoms with Crippen LogP contribution in [0.15, 0.2) is 42.5 Å². The highest BCUT2D eigenvalue weighted by atomic mass is 32.2. The van der Waals surface area contributed by atoms with Gasteiger partial charge in [-0.05, 0) is 37.1 Å². The minimum absolute atomic E-state index is 0.0521. The smallest absolute Gasteiger partial charge is 0.239 e. The minimum atomic E-state index is -3.35. The van der Waals surface area contributed by atoms with E-state index >= 15 is 0 Å². The zero-order chi connectivity index (χ0) is 22.6. The van der Waals surface area contributed by atoms with Gasteiger partial charge in [-0.1, -0.05) is 18.2 Å². The Morgan fingerprint density at radius 3 is 2.42 bits per heavy atom. The zero-order valence-electron chi connectivity index (χ0n) is 17.0. The molecule has 2 saturated heterocycles. The number of amides is 1. The lowest BCUT2D eigenvalue weighted by molar-refractivity contribution is -0.131. The molecule has 0 unspecified atom stereocenters. The summed E-state index contributed by atoms with van der Waals surface area (Å²) in [6, 6.07) is 9.62. The Morgan fingerprint density at radius 1 is 1.16 bits per heavy atom. The molecular formula is C21H22F2N4O3S. The molecule has 164 valence electrons. The summed E-state index contributed by atoms with van der Waals surface area (Å²) in [7, 11) is -1.91. The highest BCUT2D eigenvalue weighted by molar-refractivity contribution is 7.93. The van der Waals surface area contributed by atoms with Crippen molar-refractivity contribution in [3.05, 3.63) is 65.2 Å². The molecule has 2 aromatic carbocycles. The number of benzene rings is 2. The predicted octanol–water partition coefficient (Wildman–Crippen LogP) is 2.50. The molecule has 0 spiro atoms. The number of carbonyl (C=O) groups is 1. The summed E-state index contributed by atoms with van der Waals surface area (Å²) in [5.74, 6) is -3.05. The number of sulfonamides is 1. The molecule has 2 aromatic rings. The summed E-state index contributed by atoms with van der Waals surface area (Å²) in [6.45, 7) is 1.98. The molecule has 4 rings (SSSR count). The minimum Gasteiger partial charge on any atom is -0.346 e. The molecule has 1 amide bonds. The average Bonchev–Trinajstić information content (AvgIpc) is 3.05. The fourth-order valence-corrected chi connectivity index (χ4v) is 5.89. The third-order valence-corrected chi connectivity index (χ3v) is 7.84. The summed E-state index contributed by atoms with van der Waals surface area (Å²) >= 11 is 0. The second kappa shape index (κ2) is 7.30. The Balaban J connectivity index is 1.79. The summed E-state index contributed by atoms with van der Waals surface area (Å²) in [6.07, 6.45) is 0.546. The molecule has 2 atom stereocenters. The number of likely N-dealkylation sites (N-methyl/N-ethyl adjacent to an activating group) is 1. The second-order valence-electron chi connectivity index (χ2n) is 7.96. The molecule has 0 aliphatic carbocycles. The Kier molecular flexibility index (Phi) is 5.00. The highest BCUT2D eigenvalue weighted by Crippen LogP contribution is 2.42. The topological polar surface area (TPSA) is 93.6 Å². The average molecular weight is 448 g/mol. The summed E-state index contributed by atoms with van der Waals surface area (Å²) in [5.41, 5.74) is -0.298. The van der Waals surface area contributed by atoms with Gasteiger partial charge < -0.3 is 5.32 Å². The van der Waals surface area contributed by atoms with E-state index in [9.17, 15) is 22.0 Å². The molecule has 0 bridgehead atoms. The van der Waals surface area contributed by atoms with E-state index in [-0.39, 0.29) is 17.3 Å². The van der Waals surface area contributed by atoms with Crippen molar-refractivity contribution < 1.29 is 22.0 Å². The molecule has 10 heteroatoms. The van der Waals surface area contributed by atoms with Gasteiger partial charge in [0.15, 0.2) is 5.96 Å². The molecule has 2 N–H and O–H groups in total. The van der Waals surface area contributed by atoms with E-state index in [1.165, 1.54) is 17.4 Å². The SMILES string of the molecule is CN1C(=N)N[C@](C)(c2ccc(F)cc2F)[C@@H](c2ccc(N3CCCS3(=O)=O)cc2)C1=O. The first-order valence-electron chi connectivity index (χ1n) is 9.75. The normalized spacial score (nSPS) is 25.6. The van der Waals surface area contributed by atoms with Gasteiger partial charge >= 0.3 is 0 Å². The monoisotopic (exact) mass is 448 g/mol.